The molecule has 1 fully saturated rings. The molecule has 158 valence electrons. The van der Waals surface area contributed by atoms with Gasteiger partial charge in [0.2, 0.25) is 0 Å². The fourth-order valence-corrected chi connectivity index (χ4v) is 3.56. The Hall–Kier alpha value is -2.94. The van der Waals surface area contributed by atoms with E-state index in [-0.39, 0.29) is 6.04 Å². The standard InChI is InChI=1S/C21H23F3N6/c1-14(15-4-3-5-16(10-15)21(22,23)24)28-20-18-11-17(12-25-19(18)26-13-27-20)30-8-6-29(2)7-9-30/h3-5,10-14H,6-9H2,1-2H3,(H,25,26,27,28). The zero-order valence-electron chi connectivity index (χ0n) is 16.8. The molecule has 0 spiro atoms. The SMILES string of the molecule is CC(Nc1ncnc2ncc(N3CCN(C)CC3)cc12)c1cccc(C(F)(F)F)c1. The van der Waals surface area contributed by atoms with Gasteiger partial charge < -0.3 is 15.1 Å². The molecule has 1 N–H and O–H groups in total. The number of aromatic nitrogens is 3. The van der Waals surface area contributed by atoms with Crippen molar-refractivity contribution in [1.82, 2.24) is 19.9 Å². The Morgan fingerprint density at radius 1 is 1.03 bits per heavy atom. The molecule has 3 aromatic rings. The van der Waals surface area contributed by atoms with Crippen molar-refractivity contribution in [3.63, 3.8) is 0 Å². The second-order valence-corrected chi connectivity index (χ2v) is 7.57. The zero-order chi connectivity index (χ0) is 21.3. The molecule has 1 atom stereocenters. The molecule has 0 amide bonds. The van der Waals surface area contributed by atoms with Gasteiger partial charge in [0.1, 0.15) is 12.1 Å². The lowest BCUT2D eigenvalue weighted by molar-refractivity contribution is -0.137. The first-order valence-electron chi connectivity index (χ1n) is 9.79. The molecule has 1 unspecified atom stereocenters. The molecule has 0 bridgehead atoms. The number of halogens is 3. The number of benzene rings is 1. The first-order valence-corrected chi connectivity index (χ1v) is 9.79. The molecule has 6 nitrogen and oxygen atoms in total. The molecule has 1 aromatic carbocycles. The number of likely N-dealkylation sites (N-methyl/N-ethyl adjacent to an activating group) is 1. The van der Waals surface area contributed by atoms with Gasteiger partial charge in [-0.1, -0.05) is 12.1 Å². The fourth-order valence-electron chi connectivity index (χ4n) is 3.56. The summed E-state index contributed by atoms with van der Waals surface area (Å²) < 4.78 is 39.2. The Kier molecular flexibility index (Phi) is 5.46. The van der Waals surface area contributed by atoms with Crippen LogP contribution in [0.2, 0.25) is 0 Å². The normalized spacial score (nSPS) is 16.6. The van der Waals surface area contributed by atoms with E-state index in [1.807, 2.05) is 6.07 Å². The average molecular weight is 416 g/mol. The third kappa shape index (κ3) is 4.30. The largest absolute Gasteiger partial charge is 0.416 e. The van der Waals surface area contributed by atoms with E-state index < -0.39 is 11.7 Å². The highest BCUT2D eigenvalue weighted by Gasteiger charge is 2.30. The maximum atomic E-state index is 13.1. The topological polar surface area (TPSA) is 57.2 Å². The van der Waals surface area contributed by atoms with E-state index in [0.29, 0.717) is 17.0 Å². The zero-order valence-corrected chi connectivity index (χ0v) is 16.8. The molecule has 2 aromatic heterocycles. The first-order chi connectivity index (χ1) is 14.3. The minimum atomic E-state index is -4.38. The molecule has 4 rings (SSSR count). The van der Waals surface area contributed by atoms with Gasteiger partial charge in [-0.15, -0.1) is 0 Å². The molecule has 1 aliphatic rings. The molecular weight excluding hydrogens is 393 g/mol. The third-order valence-corrected chi connectivity index (χ3v) is 5.41. The molecule has 1 saturated heterocycles. The van der Waals surface area contributed by atoms with Crippen LogP contribution in [0.1, 0.15) is 24.1 Å². The number of fused-ring (bicyclic) bond motifs is 1. The van der Waals surface area contributed by atoms with Crippen LogP contribution in [0.4, 0.5) is 24.7 Å². The van der Waals surface area contributed by atoms with Gasteiger partial charge in [-0.3, -0.25) is 0 Å². The van der Waals surface area contributed by atoms with E-state index in [0.717, 1.165) is 49.4 Å². The average Bonchev–Trinajstić information content (AvgIpc) is 2.74. The molecular formula is C21H23F3N6. The molecule has 9 heteroatoms. The van der Waals surface area contributed by atoms with Crippen molar-refractivity contribution in [3.8, 4) is 0 Å². The quantitative estimate of drug-likeness (QED) is 0.695. The number of nitrogens with zero attached hydrogens (tertiary/aromatic N) is 5. The van der Waals surface area contributed by atoms with Crippen molar-refractivity contribution >= 4 is 22.5 Å². The predicted octanol–water partition coefficient (Wildman–Crippen LogP) is 3.97. The Balaban J connectivity index is 1.61. The van der Waals surface area contributed by atoms with E-state index in [1.165, 1.54) is 12.4 Å². The first kappa shape index (κ1) is 20.3. The van der Waals surface area contributed by atoms with Crippen molar-refractivity contribution in [2.45, 2.75) is 19.1 Å². The third-order valence-electron chi connectivity index (χ3n) is 5.41. The lowest BCUT2D eigenvalue weighted by atomic mass is 10.0. The number of rotatable bonds is 4. The summed E-state index contributed by atoms with van der Waals surface area (Å²) in [7, 11) is 2.10. The van der Waals surface area contributed by atoms with Crippen molar-refractivity contribution < 1.29 is 13.2 Å². The molecule has 3 heterocycles. The van der Waals surface area contributed by atoms with E-state index in [2.05, 4.69) is 37.1 Å². The summed E-state index contributed by atoms with van der Waals surface area (Å²) in [6.07, 6.45) is -1.16. The molecule has 1 aliphatic heterocycles. The van der Waals surface area contributed by atoms with Crippen LogP contribution in [0.5, 0.6) is 0 Å². The summed E-state index contributed by atoms with van der Waals surface area (Å²) in [6, 6.07) is 6.94. The van der Waals surface area contributed by atoms with Gasteiger partial charge in [0.25, 0.3) is 0 Å². The van der Waals surface area contributed by atoms with Crippen LogP contribution in [-0.2, 0) is 6.18 Å². The Labute approximate surface area is 172 Å². The van der Waals surface area contributed by atoms with Gasteiger partial charge in [0.05, 0.1) is 22.8 Å². The van der Waals surface area contributed by atoms with E-state index in [4.69, 9.17) is 0 Å². The molecule has 30 heavy (non-hydrogen) atoms. The van der Waals surface area contributed by atoms with Crippen molar-refractivity contribution in [2.24, 2.45) is 0 Å². The number of pyridine rings is 1. The number of alkyl halides is 3. The van der Waals surface area contributed by atoms with Crippen LogP contribution in [0, 0.1) is 0 Å². The number of nitrogens with one attached hydrogen (secondary N) is 1. The van der Waals surface area contributed by atoms with Crippen LogP contribution < -0.4 is 10.2 Å². The van der Waals surface area contributed by atoms with E-state index in [1.54, 1.807) is 19.2 Å². The summed E-state index contributed by atoms with van der Waals surface area (Å²) >= 11 is 0. The molecule has 0 aliphatic carbocycles. The molecule has 0 saturated carbocycles. The van der Waals surface area contributed by atoms with Crippen molar-refractivity contribution in [3.05, 3.63) is 54.0 Å². The number of anilines is 2. The number of hydrogen-bond donors (Lipinski definition) is 1. The minimum absolute atomic E-state index is 0.377. The highest BCUT2D eigenvalue weighted by atomic mass is 19.4. The van der Waals surface area contributed by atoms with Crippen molar-refractivity contribution in [2.75, 3.05) is 43.4 Å². The second kappa shape index (κ2) is 8.06. The lowest BCUT2D eigenvalue weighted by Gasteiger charge is -2.33. The number of piperazine rings is 1. The maximum Gasteiger partial charge on any atom is 0.416 e. The van der Waals surface area contributed by atoms with Crippen LogP contribution in [0.25, 0.3) is 11.0 Å². The van der Waals surface area contributed by atoms with Crippen LogP contribution in [0.3, 0.4) is 0 Å². The summed E-state index contributed by atoms with van der Waals surface area (Å²) in [6.45, 7) is 5.56. The Morgan fingerprint density at radius 2 is 1.80 bits per heavy atom. The number of hydrogen-bond acceptors (Lipinski definition) is 6. The van der Waals surface area contributed by atoms with Gasteiger partial charge in [-0.05, 0) is 37.7 Å². The highest BCUT2D eigenvalue weighted by Crippen LogP contribution is 2.32. The highest BCUT2D eigenvalue weighted by molar-refractivity contribution is 5.88. The Morgan fingerprint density at radius 3 is 2.53 bits per heavy atom. The van der Waals surface area contributed by atoms with E-state index >= 15 is 0 Å². The molecule has 0 radical (unpaired) electrons. The Bertz CT molecular complexity index is 1030. The van der Waals surface area contributed by atoms with Crippen LogP contribution >= 0.6 is 0 Å². The lowest BCUT2D eigenvalue weighted by Crippen LogP contribution is -2.44. The van der Waals surface area contributed by atoms with Crippen LogP contribution in [-0.4, -0.2) is 53.1 Å². The van der Waals surface area contributed by atoms with E-state index in [9.17, 15) is 13.2 Å². The predicted molar refractivity (Wildman–Crippen MR) is 111 cm³/mol. The van der Waals surface area contributed by atoms with Gasteiger partial charge in [-0.2, -0.15) is 13.2 Å². The second-order valence-electron chi connectivity index (χ2n) is 7.57. The van der Waals surface area contributed by atoms with Crippen molar-refractivity contribution in [1.29, 1.82) is 0 Å². The summed E-state index contributed by atoms with van der Waals surface area (Å²) in [5, 5.41) is 3.98. The van der Waals surface area contributed by atoms with Gasteiger partial charge in [0, 0.05) is 32.2 Å². The summed E-state index contributed by atoms with van der Waals surface area (Å²) in [5.74, 6) is 0.549. The van der Waals surface area contributed by atoms with Gasteiger partial charge in [0.15, 0.2) is 5.65 Å². The fraction of sp³-hybridized carbons (Fsp3) is 0.381. The smallest absolute Gasteiger partial charge is 0.368 e. The summed E-state index contributed by atoms with van der Waals surface area (Å²) in [5.41, 5.74) is 1.39. The minimum Gasteiger partial charge on any atom is -0.368 e. The monoisotopic (exact) mass is 416 g/mol. The maximum absolute atomic E-state index is 13.1. The van der Waals surface area contributed by atoms with Gasteiger partial charge >= 0.3 is 6.18 Å². The van der Waals surface area contributed by atoms with Crippen LogP contribution in [0.15, 0.2) is 42.9 Å². The van der Waals surface area contributed by atoms with Gasteiger partial charge in [-0.25, -0.2) is 15.0 Å². The summed E-state index contributed by atoms with van der Waals surface area (Å²) in [4.78, 5) is 17.6.